The van der Waals surface area contributed by atoms with Gasteiger partial charge in [-0.1, -0.05) is 41.9 Å². The van der Waals surface area contributed by atoms with Gasteiger partial charge in [0.1, 0.15) is 5.82 Å². The van der Waals surface area contributed by atoms with E-state index in [0.29, 0.717) is 10.6 Å². The highest BCUT2D eigenvalue weighted by atomic mass is 35.5. The van der Waals surface area contributed by atoms with E-state index in [1.807, 2.05) is 29.0 Å². The predicted molar refractivity (Wildman–Crippen MR) is 95.9 cm³/mol. The van der Waals surface area contributed by atoms with Crippen molar-refractivity contribution in [3.8, 4) is 0 Å². The van der Waals surface area contributed by atoms with Gasteiger partial charge in [0.15, 0.2) is 0 Å². The molecular formula is C19H15ClFNOS. The number of halogens is 2. The molecule has 1 unspecified atom stereocenters. The maximum Gasteiger partial charge on any atom is 0.225 e. The van der Waals surface area contributed by atoms with Gasteiger partial charge in [-0.05, 0) is 51.7 Å². The van der Waals surface area contributed by atoms with Gasteiger partial charge in [0.2, 0.25) is 5.91 Å². The zero-order chi connectivity index (χ0) is 16.9. The van der Waals surface area contributed by atoms with Crippen molar-refractivity contribution in [3.63, 3.8) is 0 Å². The van der Waals surface area contributed by atoms with Crippen LogP contribution in [0.15, 0.2) is 65.4 Å². The Labute approximate surface area is 148 Å². The molecule has 1 N–H and O–H groups in total. The number of amides is 1. The third-order valence-electron chi connectivity index (χ3n) is 3.69. The minimum Gasteiger partial charge on any atom is -0.345 e. The summed E-state index contributed by atoms with van der Waals surface area (Å²) < 4.78 is 13.7. The average Bonchev–Trinajstić information content (AvgIpc) is 3.10. The summed E-state index contributed by atoms with van der Waals surface area (Å²) in [4.78, 5) is 12.4. The Morgan fingerprint density at radius 2 is 1.83 bits per heavy atom. The number of carbonyl (C=O) groups excluding carboxylic acids is 1. The smallest absolute Gasteiger partial charge is 0.225 e. The van der Waals surface area contributed by atoms with Gasteiger partial charge in [0.05, 0.1) is 12.5 Å². The van der Waals surface area contributed by atoms with Crippen LogP contribution < -0.4 is 5.32 Å². The monoisotopic (exact) mass is 359 g/mol. The predicted octanol–water partition coefficient (Wildman–Crippen LogP) is 4.99. The fourth-order valence-corrected chi connectivity index (χ4v) is 3.29. The zero-order valence-electron chi connectivity index (χ0n) is 12.7. The van der Waals surface area contributed by atoms with Crippen molar-refractivity contribution in [2.45, 2.75) is 12.5 Å². The van der Waals surface area contributed by atoms with Crippen LogP contribution in [0.5, 0.6) is 0 Å². The molecule has 2 nitrogen and oxygen atoms in total. The molecule has 0 bridgehead atoms. The Kier molecular flexibility index (Phi) is 5.28. The van der Waals surface area contributed by atoms with Crippen molar-refractivity contribution in [1.82, 2.24) is 5.32 Å². The maximum atomic E-state index is 13.7. The van der Waals surface area contributed by atoms with Gasteiger partial charge in [0.25, 0.3) is 0 Å². The molecule has 1 heterocycles. The average molecular weight is 360 g/mol. The van der Waals surface area contributed by atoms with E-state index in [0.717, 1.165) is 11.1 Å². The third kappa shape index (κ3) is 4.02. The second-order valence-electron chi connectivity index (χ2n) is 5.38. The van der Waals surface area contributed by atoms with Crippen molar-refractivity contribution in [3.05, 3.63) is 92.9 Å². The molecule has 1 atom stereocenters. The number of nitrogens with one attached hydrogen (secondary N) is 1. The van der Waals surface area contributed by atoms with Gasteiger partial charge in [-0.3, -0.25) is 4.79 Å². The maximum absolute atomic E-state index is 13.7. The molecule has 5 heteroatoms. The minimum atomic E-state index is -0.369. The number of hydrogen-bond donors (Lipinski definition) is 1. The van der Waals surface area contributed by atoms with Crippen LogP contribution in [0.25, 0.3) is 0 Å². The highest BCUT2D eigenvalue weighted by Gasteiger charge is 2.18. The second-order valence-corrected chi connectivity index (χ2v) is 6.59. The van der Waals surface area contributed by atoms with Crippen LogP contribution in [0.3, 0.4) is 0 Å². The molecular weight excluding hydrogens is 345 g/mol. The van der Waals surface area contributed by atoms with Gasteiger partial charge in [-0.25, -0.2) is 4.39 Å². The molecule has 0 aliphatic heterocycles. The van der Waals surface area contributed by atoms with Gasteiger partial charge in [-0.15, -0.1) is 0 Å². The topological polar surface area (TPSA) is 29.1 Å². The molecule has 0 spiro atoms. The van der Waals surface area contributed by atoms with E-state index in [9.17, 15) is 9.18 Å². The van der Waals surface area contributed by atoms with E-state index in [1.165, 1.54) is 6.07 Å². The lowest BCUT2D eigenvalue weighted by Gasteiger charge is -2.19. The number of carbonyl (C=O) groups is 1. The number of rotatable bonds is 5. The van der Waals surface area contributed by atoms with Gasteiger partial charge < -0.3 is 5.32 Å². The number of hydrogen-bond acceptors (Lipinski definition) is 2. The summed E-state index contributed by atoms with van der Waals surface area (Å²) in [5.41, 5.74) is 2.30. The van der Waals surface area contributed by atoms with Crippen LogP contribution in [0.1, 0.15) is 22.7 Å². The van der Waals surface area contributed by atoms with Crippen LogP contribution in [-0.4, -0.2) is 5.91 Å². The summed E-state index contributed by atoms with van der Waals surface area (Å²) in [6.45, 7) is 0. The van der Waals surface area contributed by atoms with E-state index in [2.05, 4.69) is 5.32 Å². The highest BCUT2D eigenvalue weighted by molar-refractivity contribution is 7.08. The van der Waals surface area contributed by atoms with Crippen LogP contribution in [0.4, 0.5) is 4.39 Å². The zero-order valence-corrected chi connectivity index (χ0v) is 14.3. The largest absolute Gasteiger partial charge is 0.345 e. The van der Waals surface area contributed by atoms with Crippen LogP contribution in [0.2, 0.25) is 5.02 Å². The quantitative estimate of drug-likeness (QED) is 0.683. The van der Waals surface area contributed by atoms with Crippen molar-refractivity contribution in [2.75, 3.05) is 0 Å². The van der Waals surface area contributed by atoms with E-state index >= 15 is 0 Å². The fourth-order valence-electron chi connectivity index (χ4n) is 2.48. The normalized spacial score (nSPS) is 11.9. The molecule has 122 valence electrons. The summed E-state index contributed by atoms with van der Waals surface area (Å²) in [5.74, 6) is -0.600. The summed E-state index contributed by atoms with van der Waals surface area (Å²) >= 11 is 7.51. The lowest BCUT2D eigenvalue weighted by atomic mass is 10.0. The number of benzene rings is 2. The van der Waals surface area contributed by atoms with Crippen LogP contribution in [-0.2, 0) is 11.2 Å². The van der Waals surface area contributed by atoms with Crippen LogP contribution in [0, 0.1) is 5.82 Å². The first-order chi connectivity index (χ1) is 11.6. The minimum absolute atomic E-state index is 0.000893. The Hall–Kier alpha value is -2.17. The van der Waals surface area contributed by atoms with E-state index in [1.54, 1.807) is 41.7 Å². The molecule has 1 amide bonds. The molecule has 0 fully saturated rings. The molecule has 3 aromatic rings. The van der Waals surface area contributed by atoms with E-state index < -0.39 is 0 Å². The van der Waals surface area contributed by atoms with E-state index in [-0.39, 0.29) is 24.2 Å². The molecule has 2 aromatic carbocycles. The second kappa shape index (κ2) is 7.60. The first-order valence-corrected chi connectivity index (χ1v) is 8.76. The molecule has 0 aliphatic carbocycles. The SMILES string of the molecule is O=C(Cc1ccccc1F)NC(c1ccc(Cl)cc1)c1ccsc1. The highest BCUT2D eigenvalue weighted by Crippen LogP contribution is 2.25. The Morgan fingerprint density at radius 3 is 2.50 bits per heavy atom. The van der Waals surface area contributed by atoms with E-state index in [4.69, 9.17) is 11.6 Å². The summed E-state index contributed by atoms with van der Waals surface area (Å²) in [6.07, 6.45) is 0.000893. The molecule has 3 rings (SSSR count). The van der Waals surface area contributed by atoms with Crippen molar-refractivity contribution in [2.24, 2.45) is 0 Å². The van der Waals surface area contributed by atoms with Crippen LogP contribution >= 0.6 is 22.9 Å². The Balaban J connectivity index is 1.81. The molecule has 0 aliphatic rings. The lowest BCUT2D eigenvalue weighted by molar-refractivity contribution is -0.121. The van der Waals surface area contributed by atoms with Crippen molar-refractivity contribution < 1.29 is 9.18 Å². The molecule has 0 saturated carbocycles. The molecule has 0 saturated heterocycles. The van der Waals surface area contributed by atoms with Gasteiger partial charge >= 0.3 is 0 Å². The number of thiophene rings is 1. The molecule has 0 radical (unpaired) electrons. The summed E-state index contributed by atoms with van der Waals surface area (Å²) in [6, 6.07) is 15.3. The van der Waals surface area contributed by atoms with Gasteiger partial charge in [-0.2, -0.15) is 11.3 Å². The standard InChI is InChI=1S/C19H15ClFNOS/c20-16-7-5-13(6-8-16)19(15-9-10-24-12-15)22-18(23)11-14-3-1-2-4-17(14)21/h1-10,12,19H,11H2,(H,22,23). The summed E-state index contributed by atoms with van der Waals surface area (Å²) in [5, 5.41) is 7.58. The molecule has 1 aromatic heterocycles. The first-order valence-electron chi connectivity index (χ1n) is 7.44. The van der Waals surface area contributed by atoms with Crippen molar-refractivity contribution in [1.29, 1.82) is 0 Å². The Bertz CT molecular complexity index is 818. The molecule has 24 heavy (non-hydrogen) atoms. The first kappa shape index (κ1) is 16.7. The summed E-state index contributed by atoms with van der Waals surface area (Å²) in [7, 11) is 0. The van der Waals surface area contributed by atoms with Gasteiger partial charge in [0, 0.05) is 5.02 Å². The Morgan fingerprint density at radius 1 is 1.08 bits per heavy atom. The van der Waals surface area contributed by atoms with Crippen molar-refractivity contribution >= 4 is 28.8 Å². The third-order valence-corrected chi connectivity index (χ3v) is 4.65. The lowest BCUT2D eigenvalue weighted by Crippen LogP contribution is -2.30. The fraction of sp³-hybridized carbons (Fsp3) is 0.105.